The van der Waals surface area contributed by atoms with Crippen molar-refractivity contribution >= 4 is 0 Å². The fourth-order valence-electron chi connectivity index (χ4n) is 4.34. The number of methoxy groups -OCH3 is 2. The lowest BCUT2D eigenvalue weighted by Crippen LogP contribution is -2.18. The fraction of sp³-hybridized carbons (Fsp3) is 0.571. The number of aryl methyl sites for hydroxylation is 1. The maximum absolute atomic E-state index is 5.72. The van der Waals surface area contributed by atoms with Gasteiger partial charge in [-0.1, -0.05) is 55.8 Å². The molecule has 0 aliphatic heterocycles. The van der Waals surface area contributed by atoms with Crippen molar-refractivity contribution in [2.24, 2.45) is 5.41 Å². The number of hydrogen-bond donors (Lipinski definition) is 1. The van der Waals surface area contributed by atoms with Crippen LogP contribution in [0.25, 0.3) is 0 Å². The van der Waals surface area contributed by atoms with Crippen molar-refractivity contribution in [2.75, 3.05) is 21.3 Å². The molecule has 0 aliphatic carbocycles. The quantitative estimate of drug-likeness (QED) is 0.425. The minimum Gasteiger partial charge on any atom is -0.377 e. The molecule has 3 unspecified atom stereocenters. The van der Waals surface area contributed by atoms with E-state index in [1.807, 2.05) is 7.05 Å². The first-order valence-corrected chi connectivity index (χ1v) is 11.6. The topological polar surface area (TPSA) is 30.5 Å². The summed E-state index contributed by atoms with van der Waals surface area (Å²) in [5.41, 5.74) is 8.17. The zero-order chi connectivity index (χ0) is 23.2. The van der Waals surface area contributed by atoms with Crippen LogP contribution in [0.1, 0.15) is 92.7 Å². The highest BCUT2D eigenvalue weighted by molar-refractivity contribution is 5.42. The zero-order valence-electron chi connectivity index (χ0n) is 21.1. The van der Waals surface area contributed by atoms with E-state index in [0.717, 1.165) is 19.3 Å². The van der Waals surface area contributed by atoms with Crippen LogP contribution in [-0.4, -0.2) is 21.3 Å². The van der Waals surface area contributed by atoms with Gasteiger partial charge in [-0.2, -0.15) is 0 Å². The average molecular weight is 426 g/mol. The lowest BCUT2D eigenvalue weighted by molar-refractivity contribution is 0.112. The molecule has 2 aromatic carbocycles. The van der Waals surface area contributed by atoms with E-state index in [-0.39, 0.29) is 17.6 Å². The summed E-state index contributed by atoms with van der Waals surface area (Å²) in [5, 5.41) is 3.31. The van der Waals surface area contributed by atoms with Crippen LogP contribution in [0.2, 0.25) is 0 Å². The van der Waals surface area contributed by atoms with Crippen molar-refractivity contribution in [3.63, 3.8) is 0 Å². The van der Waals surface area contributed by atoms with Crippen LogP contribution in [0.4, 0.5) is 0 Å². The highest BCUT2D eigenvalue weighted by Gasteiger charge is 2.23. The lowest BCUT2D eigenvalue weighted by Gasteiger charge is -2.28. The van der Waals surface area contributed by atoms with Crippen LogP contribution in [0.15, 0.2) is 36.4 Å². The van der Waals surface area contributed by atoms with Crippen molar-refractivity contribution in [3.05, 3.63) is 69.8 Å². The Kier molecular flexibility index (Phi) is 9.29. The van der Waals surface area contributed by atoms with Crippen molar-refractivity contribution in [2.45, 2.75) is 79.1 Å². The Morgan fingerprint density at radius 1 is 0.903 bits per heavy atom. The number of rotatable bonds is 11. The van der Waals surface area contributed by atoms with Gasteiger partial charge < -0.3 is 14.8 Å². The first-order chi connectivity index (χ1) is 14.6. The second kappa shape index (κ2) is 11.3. The number of ether oxygens (including phenoxy) is 2. The summed E-state index contributed by atoms with van der Waals surface area (Å²) >= 11 is 0. The lowest BCUT2D eigenvalue weighted by atomic mass is 9.78. The molecule has 31 heavy (non-hydrogen) atoms. The van der Waals surface area contributed by atoms with Gasteiger partial charge in [-0.3, -0.25) is 0 Å². The summed E-state index contributed by atoms with van der Waals surface area (Å²) in [5.74, 6) is 0. The normalized spacial score (nSPS) is 15.0. The summed E-state index contributed by atoms with van der Waals surface area (Å²) in [6, 6.07) is 14.0. The number of hydrogen-bond acceptors (Lipinski definition) is 3. The van der Waals surface area contributed by atoms with E-state index in [2.05, 4.69) is 83.3 Å². The number of nitrogens with one attached hydrogen (secondary N) is 1. The largest absolute Gasteiger partial charge is 0.377 e. The van der Waals surface area contributed by atoms with Crippen LogP contribution in [0.5, 0.6) is 0 Å². The minimum absolute atomic E-state index is 0.0718. The average Bonchev–Trinajstić information content (AvgIpc) is 2.76. The molecule has 0 heterocycles. The second-order valence-corrected chi connectivity index (χ2v) is 9.77. The highest BCUT2D eigenvalue weighted by Crippen LogP contribution is 2.35. The van der Waals surface area contributed by atoms with E-state index in [1.165, 1.54) is 33.4 Å². The summed E-state index contributed by atoms with van der Waals surface area (Å²) in [4.78, 5) is 0. The Bertz CT molecular complexity index is 794. The third-order valence-electron chi connectivity index (χ3n) is 6.69. The standard InChI is InChI=1S/C28H43NO2/c1-19-16-26(21(3)30-8)25(27(17-19)22(4)31-9)14-15-28(5,6)18-23-10-12-24(13-11-23)20(2)29-7/h10-13,16-17,20-22,29H,14-15,18H2,1-9H3. The first kappa shape index (κ1) is 25.6. The summed E-state index contributed by atoms with van der Waals surface area (Å²) in [6.45, 7) is 13.4. The van der Waals surface area contributed by atoms with Gasteiger partial charge in [-0.25, -0.2) is 0 Å². The van der Waals surface area contributed by atoms with E-state index < -0.39 is 0 Å². The first-order valence-electron chi connectivity index (χ1n) is 11.6. The molecule has 0 radical (unpaired) electrons. The van der Waals surface area contributed by atoms with E-state index in [4.69, 9.17) is 9.47 Å². The predicted molar refractivity (Wildman–Crippen MR) is 132 cm³/mol. The SMILES string of the molecule is CNC(C)c1ccc(CC(C)(C)CCc2c(C(C)OC)cc(C)cc2C(C)OC)cc1. The molecule has 0 saturated carbocycles. The van der Waals surface area contributed by atoms with Crippen LogP contribution >= 0.6 is 0 Å². The second-order valence-electron chi connectivity index (χ2n) is 9.77. The van der Waals surface area contributed by atoms with Gasteiger partial charge in [0.25, 0.3) is 0 Å². The molecule has 3 nitrogen and oxygen atoms in total. The molecule has 0 saturated heterocycles. The molecule has 1 N–H and O–H groups in total. The molecule has 3 heteroatoms. The van der Waals surface area contributed by atoms with Crippen molar-refractivity contribution in [3.8, 4) is 0 Å². The third-order valence-corrected chi connectivity index (χ3v) is 6.69. The zero-order valence-corrected chi connectivity index (χ0v) is 21.1. The third kappa shape index (κ3) is 6.90. The molecule has 0 fully saturated rings. The molecule has 0 aromatic heterocycles. The van der Waals surface area contributed by atoms with Gasteiger partial charge in [0.1, 0.15) is 0 Å². The monoisotopic (exact) mass is 425 g/mol. The smallest absolute Gasteiger partial charge is 0.0795 e. The summed E-state index contributed by atoms with van der Waals surface area (Å²) < 4.78 is 11.4. The predicted octanol–water partition coefficient (Wildman–Crippen LogP) is 6.89. The van der Waals surface area contributed by atoms with E-state index >= 15 is 0 Å². The van der Waals surface area contributed by atoms with Crippen LogP contribution < -0.4 is 5.32 Å². The number of benzene rings is 2. The molecular formula is C28H43NO2. The Balaban J connectivity index is 2.23. The Morgan fingerprint density at radius 3 is 1.87 bits per heavy atom. The maximum atomic E-state index is 5.72. The van der Waals surface area contributed by atoms with Gasteiger partial charge in [-0.05, 0) is 87.2 Å². The Morgan fingerprint density at radius 2 is 1.42 bits per heavy atom. The molecular weight excluding hydrogens is 382 g/mol. The van der Waals surface area contributed by atoms with E-state index in [9.17, 15) is 0 Å². The fourth-order valence-corrected chi connectivity index (χ4v) is 4.34. The summed E-state index contributed by atoms with van der Waals surface area (Å²) in [7, 11) is 5.58. The van der Waals surface area contributed by atoms with E-state index in [0.29, 0.717) is 6.04 Å². The van der Waals surface area contributed by atoms with Gasteiger partial charge in [0.2, 0.25) is 0 Å². The van der Waals surface area contributed by atoms with Crippen LogP contribution in [-0.2, 0) is 22.3 Å². The van der Waals surface area contributed by atoms with Crippen molar-refractivity contribution in [1.29, 1.82) is 0 Å². The molecule has 172 valence electrons. The Hall–Kier alpha value is -1.68. The van der Waals surface area contributed by atoms with Crippen molar-refractivity contribution < 1.29 is 9.47 Å². The molecule has 0 bridgehead atoms. The Labute approximate surface area is 190 Å². The van der Waals surface area contributed by atoms with Crippen LogP contribution in [0.3, 0.4) is 0 Å². The van der Waals surface area contributed by atoms with Gasteiger partial charge in [0.05, 0.1) is 12.2 Å². The van der Waals surface area contributed by atoms with E-state index in [1.54, 1.807) is 14.2 Å². The summed E-state index contributed by atoms with van der Waals surface area (Å²) in [6.07, 6.45) is 3.34. The molecule has 3 atom stereocenters. The van der Waals surface area contributed by atoms with Crippen molar-refractivity contribution in [1.82, 2.24) is 5.32 Å². The molecule has 2 rings (SSSR count). The van der Waals surface area contributed by atoms with Crippen LogP contribution in [0, 0.1) is 12.3 Å². The minimum atomic E-state index is 0.0718. The molecule has 0 aliphatic rings. The van der Waals surface area contributed by atoms with Gasteiger partial charge in [-0.15, -0.1) is 0 Å². The van der Waals surface area contributed by atoms with Gasteiger partial charge in [0.15, 0.2) is 0 Å². The maximum Gasteiger partial charge on any atom is 0.0795 e. The highest BCUT2D eigenvalue weighted by atomic mass is 16.5. The molecule has 2 aromatic rings. The van der Waals surface area contributed by atoms with Gasteiger partial charge in [0, 0.05) is 20.3 Å². The molecule has 0 amide bonds. The van der Waals surface area contributed by atoms with Gasteiger partial charge >= 0.3 is 0 Å². The molecule has 0 spiro atoms.